The maximum Gasteiger partial charge on any atom is 0.294 e. The number of nitrogens with one attached hydrogen (secondary N) is 1. The number of furan rings is 1. The van der Waals surface area contributed by atoms with Crippen molar-refractivity contribution < 1.29 is 14.0 Å². The van der Waals surface area contributed by atoms with E-state index in [0.717, 1.165) is 36.8 Å². The van der Waals surface area contributed by atoms with Crippen molar-refractivity contribution in [1.82, 2.24) is 10.3 Å². The van der Waals surface area contributed by atoms with Crippen molar-refractivity contribution in [2.24, 2.45) is 0 Å². The minimum atomic E-state index is -0.867. The first-order chi connectivity index (χ1) is 15.0. The predicted octanol–water partition coefficient (Wildman–Crippen LogP) is 4.74. The van der Waals surface area contributed by atoms with Gasteiger partial charge < -0.3 is 9.73 Å². The zero-order chi connectivity index (χ0) is 21.8. The Morgan fingerprint density at radius 3 is 2.45 bits per heavy atom. The first-order valence-corrected chi connectivity index (χ1v) is 10.7. The number of amides is 2. The average molecular weight is 418 g/mol. The third-order valence-corrected chi connectivity index (χ3v) is 5.64. The maximum absolute atomic E-state index is 13.6. The molecule has 4 rings (SSSR count). The van der Waals surface area contributed by atoms with E-state index in [-0.39, 0.29) is 23.6 Å². The Hall–Kier alpha value is -3.41. The largest absolute Gasteiger partial charge is 0.459 e. The molecule has 3 aromatic rings. The van der Waals surface area contributed by atoms with Gasteiger partial charge in [-0.1, -0.05) is 25.0 Å². The van der Waals surface area contributed by atoms with Crippen LogP contribution < -0.4 is 10.2 Å². The zero-order valence-electron chi connectivity index (χ0n) is 17.9. The molecule has 6 heteroatoms. The van der Waals surface area contributed by atoms with E-state index < -0.39 is 6.04 Å². The summed E-state index contributed by atoms with van der Waals surface area (Å²) in [7, 11) is 0. The molecule has 1 aliphatic carbocycles. The van der Waals surface area contributed by atoms with Crippen LogP contribution in [0.15, 0.2) is 65.5 Å². The van der Waals surface area contributed by atoms with Crippen molar-refractivity contribution in [2.45, 2.75) is 51.6 Å². The van der Waals surface area contributed by atoms with Gasteiger partial charge in [-0.2, -0.15) is 0 Å². The topological polar surface area (TPSA) is 75.4 Å². The van der Waals surface area contributed by atoms with Gasteiger partial charge in [0.05, 0.1) is 6.26 Å². The molecule has 1 saturated carbocycles. The lowest BCUT2D eigenvalue weighted by Crippen LogP contribution is -2.46. The molecule has 6 nitrogen and oxygen atoms in total. The van der Waals surface area contributed by atoms with Gasteiger partial charge in [0.15, 0.2) is 5.76 Å². The summed E-state index contributed by atoms with van der Waals surface area (Å²) in [5.74, 6) is -0.397. The molecule has 0 aliphatic heterocycles. The van der Waals surface area contributed by atoms with E-state index in [4.69, 9.17) is 4.42 Å². The summed E-state index contributed by atoms with van der Waals surface area (Å²) < 4.78 is 5.42. The Morgan fingerprint density at radius 1 is 1.10 bits per heavy atom. The van der Waals surface area contributed by atoms with Gasteiger partial charge in [-0.3, -0.25) is 19.5 Å². The van der Waals surface area contributed by atoms with Gasteiger partial charge in [-0.05, 0) is 68.1 Å². The molecule has 1 aromatic carbocycles. The Balaban J connectivity index is 1.82. The molecule has 0 saturated heterocycles. The minimum absolute atomic E-state index is 0.131. The van der Waals surface area contributed by atoms with E-state index in [1.54, 1.807) is 30.6 Å². The number of aryl methyl sites for hydroxylation is 2. The number of pyridine rings is 1. The summed E-state index contributed by atoms with van der Waals surface area (Å²) in [4.78, 5) is 33.0. The lowest BCUT2D eigenvalue weighted by atomic mass is 10.0. The summed E-state index contributed by atoms with van der Waals surface area (Å²) >= 11 is 0. The number of benzene rings is 1. The monoisotopic (exact) mass is 417 g/mol. The number of anilines is 1. The smallest absolute Gasteiger partial charge is 0.294 e. The number of hydrogen-bond acceptors (Lipinski definition) is 4. The second kappa shape index (κ2) is 9.16. The standard InChI is InChI=1S/C25H27N3O3/c1-17-13-18(2)15-21(14-17)28(25(30)22-10-6-12-31-22)23(19-7-5-11-26-16-19)24(29)27-20-8-3-4-9-20/h5-7,10-16,20,23H,3-4,8-9H2,1-2H3,(H,27,29). The molecule has 2 aromatic heterocycles. The molecule has 1 aliphatic rings. The third kappa shape index (κ3) is 4.68. The van der Waals surface area contributed by atoms with E-state index >= 15 is 0 Å². The molecule has 2 amide bonds. The van der Waals surface area contributed by atoms with Crippen LogP contribution in [0.4, 0.5) is 5.69 Å². The maximum atomic E-state index is 13.6. The molecule has 160 valence electrons. The highest BCUT2D eigenvalue weighted by Gasteiger charge is 2.36. The van der Waals surface area contributed by atoms with Gasteiger partial charge in [0.2, 0.25) is 5.91 Å². The fourth-order valence-electron chi connectivity index (χ4n) is 4.30. The number of rotatable bonds is 6. The Labute approximate surface area is 182 Å². The zero-order valence-corrected chi connectivity index (χ0v) is 17.9. The van der Waals surface area contributed by atoms with Gasteiger partial charge in [0.25, 0.3) is 5.91 Å². The number of aromatic nitrogens is 1. The van der Waals surface area contributed by atoms with Crippen LogP contribution in [0.25, 0.3) is 0 Å². The lowest BCUT2D eigenvalue weighted by Gasteiger charge is -2.32. The van der Waals surface area contributed by atoms with E-state index in [1.807, 2.05) is 38.1 Å². The van der Waals surface area contributed by atoms with Crippen LogP contribution in [0, 0.1) is 13.8 Å². The first kappa shape index (κ1) is 20.8. The van der Waals surface area contributed by atoms with Crippen molar-refractivity contribution in [3.05, 3.63) is 83.6 Å². The second-order valence-corrected chi connectivity index (χ2v) is 8.18. The Kier molecular flexibility index (Phi) is 6.16. The lowest BCUT2D eigenvalue weighted by molar-refractivity contribution is -0.123. The highest BCUT2D eigenvalue weighted by Crippen LogP contribution is 2.32. The first-order valence-electron chi connectivity index (χ1n) is 10.7. The molecule has 1 unspecified atom stereocenters. The average Bonchev–Trinajstić information content (AvgIpc) is 3.45. The highest BCUT2D eigenvalue weighted by molar-refractivity contribution is 6.08. The molecule has 1 fully saturated rings. The molecule has 31 heavy (non-hydrogen) atoms. The Bertz CT molecular complexity index is 1020. The van der Waals surface area contributed by atoms with Crippen LogP contribution in [0.1, 0.15) is 59.0 Å². The molecule has 1 atom stereocenters. The molecule has 0 bridgehead atoms. The third-order valence-electron chi connectivity index (χ3n) is 5.64. The SMILES string of the molecule is Cc1cc(C)cc(N(C(=O)c2ccco2)C(C(=O)NC2CCCC2)c2cccnc2)c1. The number of carbonyl (C=O) groups is 2. The van der Waals surface area contributed by atoms with Crippen molar-refractivity contribution in [2.75, 3.05) is 4.90 Å². The van der Waals surface area contributed by atoms with Crippen LogP contribution in [-0.4, -0.2) is 22.8 Å². The van der Waals surface area contributed by atoms with Crippen LogP contribution in [0.2, 0.25) is 0 Å². The van der Waals surface area contributed by atoms with Crippen molar-refractivity contribution in [1.29, 1.82) is 0 Å². The molecule has 2 heterocycles. The van der Waals surface area contributed by atoms with E-state index in [1.165, 1.54) is 11.2 Å². The summed E-state index contributed by atoms with van der Waals surface area (Å²) in [6, 6.07) is 12.0. The molecule has 0 radical (unpaired) electrons. The van der Waals surface area contributed by atoms with Crippen molar-refractivity contribution in [3.8, 4) is 0 Å². The quantitative estimate of drug-likeness (QED) is 0.629. The summed E-state index contributed by atoms with van der Waals surface area (Å²) in [6.45, 7) is 3.95. The van der Waals surface area contributed by atoms with Gasteiger partial charge in [0.1, 0.15) is 6.04 Å². The van der Waals surface area contributed by atoms with Gasteiger partial charge in [-0.15, -0.1) is 0 Å². The highest BCUT2D eigenvalue weighted by atomic mass is 16.3. The van der Waals surface area contributed by atoms with Crippen LogP contribution in [0.3, 0.4) is 0 Å². The van der Waals surface area contributed by atoms with Gasteiger partial charge >= 0.3 is 0 Å². The summed E-state index contributed by atoms with van der Waals surface area (Å²) in [5, 5.41) is 3.17. The van der Waals surface area contributed by atoms with E-state index in [9.17, 15) is 9.59 Å². The minimum Gasteiger partial charge on any atom is -0.459 e. The predicted molar refractivity (Wildman–Crippen MR) is 119 cm³/mol. The Morgan fingerprint density at radius 2 is 1.84 bits per heavy atom. The normalized spacial score (nSPS) is 14.9. The molecule has 1 N–H and O–H groups in total. The van der Waals surface area contributed by atoms with Crippen molar-refractivity contribution >= 4 is 17.5 Å². The fourth-order valence-corrected chi connectivity index (χ4v) is 4.30. The molecular weight excluding hydrogens is 390 g/mol. The summed E-state index contributed by atoms with van der Waals surface area (Å²) in [6.07, 6.45) is 8.89. The fraction of sp³-hybridized carbons (Fsp3) is 0.320. The molecular formula is C25H27N3O3. The van der Waals surface area contributed by atoms with Crippen LogP contribution >= 0.6 is 0 Å². The van der Waals surface area contributed by atoms with Gasteiger partial charge in [-0.25, -0.2) is 0 Å². The van der Waals surface area contributed by atoms with Gasteiger partial charge in [0, 0.05) is 29.7 Å². The number of carbonyl (C=O) groups excluding carboxylic acids is 2. The molecule has 0 spiro atoms. The summed E-state index contributed by atoms with van der Waals surface area (Å²) in [5.41, 5.74) is 3.31. The number of nitrogens with zero attached hydrogens (tertiary/aromatic N) is 2. The van der Waals surface area contributed by atoms with Crippen LogP contribution in [-0.2, 0) is 4.79 Å². The van der Waals surface area contributed by atoms with Crippen molar-refractivity contribution in [3.63, 3.8) is 0 Å². The number of hydrogen-bond donors (Lipinski definition) is 1. The van der Waals surface area contributed by atoms with E-state index in [2.05, 4.69) is 10.3 Å². The van der Waals surface area contributed by atoms with Crippen LogP contribution in [0.5, 0.6) is 0 Å². The second-order valence-electron chi connectivity index (χ2n) is 8.18. The van der Waals surface area contributed by atoms with E-state index in [0.29, 0.717) is 11.3 Å².